The molecule has 4 rings (SSSR count). The van der Waals surface area contributed by atoms with Gasteiger partial charge < -0.3 is 26.6 Å². The minimum Gasteiger partial charge on any atom is -0.351 e. The van der Waals surface area contributed by atoms with Crippen LogP contribution < -0.4 is 21.7 Å². The number of nitrogens with one attached hydrogen (secondary N) is 3. The van der Waals surface area contributed by atoms with E-state index in [9.17, 15) is 14.4 Å². The van der Waals surface area contributed by atoms with Crippen LogP contribution in [0.4, 0.5) is 5.69 Å². The summed E-state index contributed by atoms with van der Waals surface area (Å²) in [4.78, 5) is 44.4. The first-order valence-corrected chi connectivity index (χ1v) is 12.1. The highest BCUT2D eigenvalue weighted by molar-refractivity contribution is 5.99. The van der Waals surface area contributed by atoms with Crippen molar-refractivity contribution >= 4 is 34.3 Å². The smallest absolute Gasteiger partial charge is 0.247 e. The minimum atomic E-state index is -0.691. The number of hydrogen-bond donors (Lipinski definition) is 4. The monoisotopic (exact) mass is 488 g/mol. The third kappa shape index (κ3) is 6.24. The van der Waals surface area contributed by atoms with Gasteiger partial charge in [0.05, 0.1) is 30.0 Å². The predicted molar refractivity (Wildman–Crippen MR) is 139 cm³/mol. The summed E-state index contributed by atoms with van der Waals surface area (Å²) in [6, 6.07) is 18.1. The van der Waals surface area contributed by atoms with E-state index in [1.54, 1.807) is 13.2 Å². The van der Waals surface area contributed by atoms with Gasteiger partial charge in [0.2, 0.25) is 17.7 Å². The summed E-state index contributed by atoms with van der Waals surface area (Å²) in [5, 5.41) is 9.85. The minimum absolute atomic E-state index is 0.0968. The van der Waals surface area contributed by atoms with E-state index in [0.29, 0.717) is 31.5 Å². The number of para-hydroxylation sites is 1. The molecule has 0 aliphatic carbocycles. The summed E-state index contributed by atoms with van der Waals surface area (Å²) in [6.45, 7) is 0.375. The quantitative estimate of drug-likeness (QED) is 0.361. The summed E-state index contributed by atoms with van der Waals surface area (Å²) >= 11 is 0. The number of carbonyl (C=O) groups excluding carboxylic acids is 3. The summed E-state index contributed by atoms with van der Waals surface area (Å²) in [5.41, 5.74) is 7.89. The zero-order valence-electron chi connectivity index (χ0n) is 20.3. The molecule has 1 saturated heterocycles. The number of benzene rings is 2. The van der Waals surface area contributed by atoms with Gasteiger partial charge in [0.25, 0.3) is 0 Å². The molecule has 2 heterocycles. The van der Waals surface area contributed by atoms with Crippen molar-refractivity contribution in [3.05, 3.63) is 72.4 Å². The number of aryl methyl sites for hydroxylation is 1. The van der Waals surface area contributed by atoms with Crippen molar-refractivity contribution in [1.29, 1.82) is 0 Å². The maximum Gasteiger partial charge on any atom is 0.247 e. The molecule has 2 aromatic carbocycles. The lowest BCUT2D eigenvalue weighted by Crippen LogP contribution is -2.51. The number of pyridine rings is 1. The Morgan fingerprint density at radius 2 is 1.89 bits per heavy atom. The number of aromatic nitrogens is 1. The molecular formula is C27H32N6O3. The van der Waals surface area contributed by atoms with E-state index in [1.165, 1.54) is 4.90 Å². The molecule has 9 heteroatoms. The molecule has 3 aromatic rings. The Kier molecular flexibility index (Phi) is 8.24. The molecule has 1 aromatic heterocycles. The lowest BCUT2D eigenvalue weighted by Gasteiger charge is -2.29. The van der Waals surface area contributed by atoms with E-state index >= 15 is 0 Å². The number of nitrogens with zero attached hydrogens (tertiary/aromatic N) is 2. The van der Waals surface area contributed by atoms with Crippen LogP contribution >= 0.6 is 0 Å². The van der Waals surface area contributed by atoms with Crippen LogP contribution in [0.3, 0.4) is 0 Å². The average Bonchev–Trinajstić information content (AvgIpc) is 3.37. The van der Waals surface area contributed by atoms with Gasteiger partial charge >= 0.3 is 0 Å². The molecule has 3 amide bonds. The third-order valence-electron chi connectivity index (χ3n) is 6.50. The summed E-state index contributed by atoms with van der Waals surface area (Å²) in [5.74, 6) is -0.721. The molecule has 0 spiro atoms. The van der Waals surface area contributed by atoms with Crippen LogP contribution in [0.5, 0.6) is 0 Å². The van der Waals surface area contributed by atoms with Crippen LogP contribution in [0.15, 0.2) is 66.9 Å². The zero-order chi connectivity index (χ0) is 25.5. The fourth-order valence-corrected chi connectivity index (χ4v) is 4.53. The first kappa shape index (κ1) is 25.3. The van der Waals surface area contributed by atoms with Crippen LogP contribution in [0.2, 0.25) is 0 Å². The van der Waals surface area contributed by atoms with E-state index < -0.39 is 12.1 Å². The molecule has 1 unspecified atom stereocenters. The zero-order valence-corrected chi connectivity index (χ0v) is 20.3. The van der Waals surface area contributed by atoms with Crippen molar-refractivity contribution in [3.8, 4) is 0 Å². The molecule has 0 radical (unpaired) electrons. The summed E-state index contributed by atoms with van der Waals surface area (Å²) < 4.78 is 0. The second-order valence-electron chi connectivity index (χ2n) is 9.06. The second kappa shape index (κ2) is 11.7. The number of fused-ring (bicyclic) bond motifs is 1. The highest BCUT2D eigenvalue weighted by Gasteiger charge is 2.36. The van der Waals surface area contributed by atoms with E-state index in [1.807, 2.05) is 60.7 Å². The fraction of sp³-hybridized carbons (Fsp3) is 0.333. The van der Waals surface area contributed by atoms with Crippen LogP contribution in [0.25, 0.3) is 10.9 Å². The Hall–Kier alpha value is -3.82. The van der Waals surface area contributed by atoms with Gasteiger partial charge in [-0.15, -0.1) is 0 Å². The Balaban J connectivity index is 1.48. The van der Waals surface area contributed by atoms with Gasteiger partial charge in [-0.05, 0) is 37.0 Å². The molecule has 188 valence electrons. The Morgan fingerprint density at radius 1 is 1.14 bits per heavy atom. The largest absolute Gasteiger partial charge is 0.351 e. The van der Waals surface area contributed by atoms with Gasteiger partial charge in [0.1, 0.15) is 6.04 Å². The van der Waals surface area contributed by atoms with E-state index in [4.69, 9.17) is 5.73 Å². The molecule has 3 atom stereocenters. The van der Waals surface area contributed by atoms with Crippen LogP contribution in [-0.2, 0) is 20.8 Å². The van der Waals surface area contributed by atoms with Crippen LogP contribution in [0, 0.1) is 0 Å². The molecule has 1 fully saturated rings. The molecule has 1 aliphatic rings. The van der Waals surface area contributed by atoms with E-state index in [-0.39, 0.29) is 30.3 Å². The SMILES string of the molecule is CN(C(=O)[C@@H]1C[C@@H](NC(=O)CN)CN1)C(CCc1ccccc1)C(=O)Nc1cnc2ccccc2c1. The lowest BCUT2D eigenvalue weighted by atomic mass is 10.0. The number of amides is 3. The number of anilines is 1. The maximum atomic E-state index is 13.5. The molecule has 0 bridgehead atoms. The highest BCUT2D eigenvalue weighted by Crippen LogP contribution is 2.19. The second-order valence-corrected chi connectivity index (χ2v) is 9.06. The summed E-state index contributed by atoms with van der Waals surface area (Å²) in [7, 11) is 1.66. The first-order chi connectivity index (χ1) is 17.4. The van der Waals surface area contributed by atoms with E-state index in [2.05, 4.69) is 20.9 Å². The fourth-order valence-electron chi connectivity index (χ4n) is 4.53. The summed E-state index contributed by atoms with van der Waals surface area (Å²) in [6.07, 6.45) is 3.16. The molecule has 5 N–H and O–H groups in total. The first-order valence-electron chi connectivity index (χ1n) is 12.1. The maximum absolute atomic E-state index is 13.5. The standard InChI is InChI=1S/C27H32N6O3/c1-33(27(36)23-14-21(17-30-23)31-25(34)15-28)24(12-11-18-7-3-2-4-8-18)26(35)32-20-13-19-9-5-6-10-22(19)29-16-20/h2-10,13,16,21,23-24,30H,11-12,14-15,17,28H2,1H3,(H,31,34)(H,32,35)/t21-,23+,24?/m1/s1. The normalized spacial score (nSPS) is 17.9. The number of hydrogen-bond acceptors (Lipinski definition) is 6. The van der Waals surface area contributed by atoms with Crippen molar-refractivity contribution in [2.75, 3.05) is 25.5 Å². The Morgan fingerprint density at radius 3 is 2.67 bits per heavy atom. The van der Waals surface area contributed by atoms with Crippen LogP contribution in [-0.4, -0.2) is 65.9 Å². The number of likely N-dealkylation sites (N-methyl/N-ethyl adjacent to an activating group) is 1. The molecule has 0 saturated carbocycles. The van der Waals surface area contributed by atoms with Gasteiger partial charge in [-0.1, -0.05) is 48.5 Å². The van der Waals surface area contributed by atoms with Gasteiger partial charge in [-0.2, -0.15) is 0 Å². The van der Waals surface area contributed by atoms with Gasteiger partial charge in [0, 0.05) is 25.0 Å². The van der Waals surface area contributed by atoms with Gasteiger partial charge in [0.15, 0.2) is 0 Å². The number of rotatable bonds is 9. The topological polar surface area (TPSA) is 129 Å². The molecule has 1 aliphatic heterocycles. The van der Waals surface area contributed by atoms with Crippen molar-refractivity contribution < 1.29 is 14.4 Å². The Labute approximate surface area is 210 Å². The van der Waals surface area contributed by atoms with Gasteiger partial charge in [-0.3, -0.25) is 19.4 Å². The van der Waals surface area contributed by atoms with Crippen LogP contribution in [0.1, 0.15) is 18.4 Å². The van der Waals surface area contributed by atoms with Crippen molar-refractivity contribution in [2.45, 2.75) is 37.4 Å². The van der Waals surface area contributed by atoms with Crippen molar-refractivity contribution in [3.63, 3.8) is 0 Å². The molecule has 9 nitrogen and oxygen atoms in total. The number of carbonyl (C=O) groups is 3. The van der Waals surface area contributed by atoms with Crippen molar-refractivity contribution in [1.82, 2.24) is 20.5 Å². The Bertz CT molecular complexity index is 1220. The highest BCUT2D eigenvalue weighted by atomic mass is 16.2. The lowest BCUT2D eigenvalue weighted by molar-refractivity contribution is -0.138. The average molecular weight is 489 g/mol. The predicted octanol–water partition coefficient (Wildman–Crippen LogP) is 1.44. The van der Waals surface area contributed by atoms with Crippen molar-refractivity contribution in [2.24, 2.45) is 5.73 Å². The number of nitrogens with two attached hydrogens (primary N) is 1. The van der Waals surface area contributed by atoms with Gasteiger partial charge in [-0.25, -0.2) is 0 Å². The van der Waals surface area contributed by atoms with E-state index in [0.717, 1.165) is 16.5 Å². The molecular weight excluding hydrogens is 456 g/mol. The third-order valence-corrected chi connectivity index (χ3v) is 6.50. The molecule has 36 heavy (non-hydrogen) atoms.